The molecule has 1 heterocycles. The van der Waals surface area contributed by atoms with Gasteiger partial charge in [-0.25, -0.2) is 9.97 Å². The lowest BCUT2D eigenvalue weighted by Gasteiger charge is -2.00. The van der Waals surface area contributed by atoms with Gasteiger partial charge in [-0.15, -0.1) is 0 Å². The fourth-order valence-corrected chi connectivity index (χ4v) is 1.17. The Labute approximate surface area is 78.5 Å². The highest BCUT2D eigenvalue weighted by atomic mass is 14.9. The summed E-state index contributed by atoms with van der Waals surface area (Å²) in [5.41, 5.74) is 1.45. The lowest BCUT2D eigenvalue weighted by molar-refractivity contribution is 0.767. The van der Waals surface area contributed by atoms with Gasteiger partial charge < -0.3 is 0 Å². The van der Waals surface area contributed by atoms with E-state index in [9.17, 15) is 0 Å². The van der Waals surface area contributed by atoms with Gasteiger partial charge >= 0.3 is 0 Å². The molecule has 0 saturated heterocycles. The number of rotatable bonds is 3. The molecule has 0 atom stereocenters. The monoisotopic (exact) mass is 175 g/mol. The summed E-state index contributed by atoms with van der Waals surface area (Å²) in [5.74, 6) is 0.685. The van der Waals surface area contributed by atoms with Crippen LogP contribution in [0.2, 0.25) is 0 Å². The van der Waals surface area contributed by atoms with Gasteiger partial charge in [0.2, 0.25) is 0 Å². The van der Waals surface area contributed by atoms with Crippen LogP contribution in [0.15, 0.2) is 6.07 Å². The predicted molar refractivity (Wildman–Crippen MR) is 50.1 cm³/mol. The fourth-order valence-electron chi connectivity index (χ4n) is 1.17. The molecule has 0 fully saturated rings. The minimum Gasteiger partial charge on any atom is -0.238 e. The van der Waals surface area contributed by atoms with Crippen molar-refractivity contribution in [2.45, 2.75) is 33.1 Å². The van der Waals surface area contributed by atoms with Gasteiger partial charge in [-0.3, -0.25) is 0 Å². The molecule has 68 valence electrons. The van der Waals surface area contributed by atoms with Crippen LogP contribution in [0.4, 0.5) is 0 Å². The zero-order valence-electron chi connectivity index (χ0n) is 8.04. The smallest absolute Gasteiger partial charge is 0.144 e. The lowest BCUT2D eigenvalue weighted by Crippen LogP contribution is -1.97. The summed E-state index contributed by atoms with van der Waals surface area (Å²) in [7, 11) is 0. The molecule has 1 aromatic heterocycles. The number of aromatic nitrogens is 2. The van der Waals surface area contributed by atoms with E-state index in [2.05, 4.69) is 16.9 Å². The molecule has 0 bridgehead atoms. The van der Waals surface area contributed by atoms with Crippen molar-refractivity contribution in [1.82, 2.24) is 9.97 Å². The Morgan fingerprint density at radius 2 is 2.23 bits per heavy atom. The van der Waals surface area contributed by atoms with Crippen LogP contribution in [-0.4, -0.2) is 9.97 Å². The summed E-state index contributed by atoms with van der Waals surface area (Å²) in [6.07, 6.45) is 3.20. The average Bonchev–Trinajstić information content (AvgIpc) is 2.14. The standard InChI is InChI=1S/C10H13N3/c1-3-4-5-9-6-10(7-11)13-8(2)12-9/h6H,3-5H2,1-2H3. The highest BCUT2D eigenvalue weighted by molar-refractivity contribution is 5.22. The Bertz CT molecular complexity index is 325. The molecule has 3 heteroatoms. The number of nitrogens with zero attached hydrogens (tertiary/aromatic N) is 3. The van der Waals surface area contributed by atoms with Gasteiger partial charge in [0.15, 0.2) is 0 Å². The summed E-state index contributed by atoms with van der Waals surface area (Å²) in [5, 5.41) is 8.67. The van der Waals surface area contributed by atoms with E-state index in [4.69, 9.17) is 5.26 Å². The molecular weight excluding hydrogens is 162 g/mol. The van der Waals surface area contributed by atoms with Crippen LogP contribution in [0.3, 0.4) is 0 Å². The molecule has 0 aliphatic heterocycles. The van der Waals surface area contributed by atoms with Crippen molar-refractivity contribution in [3.05, 3.63) is 23.3 Å². The molecule has 1 aromatic rings. The molecule has 3 nitrogen and oxygen atoms in total. The number of hydrogen-bond acceptors (Lipinski definition) is 3. The van der Waals surface area contributed by atoms with Gasteiger partial charge in [0, 0.05) is 5.69 Å². The molecule has 13 heavy (non-hydrogen) atoms. The van der Waals surface area contributed by atoms with Gasteiger partial charge in [0.05, 0.1) is 0 Å². The van der Waals surface area contributed by atoms with Crippen LogP contribution in [-0.2, 0) is 6.42 Å². The Morgan fingerprint density at radius 3 is 2.85 bits per heavy atom. The first kappa shape index (κ1) is 9.66. The summed E-state index contributed by atoms with van der Waals surface area (Å²) >= 11 is 0. The second-order valence-corrected chi connectivity index (χ2v) is 3.01. The molecule has 0 amide bonds. The van der Waals surface area contributed by atoms with E-state index in [-0.39, 0.29) is 0 Å². The number of unbranched alkanes of at least 4 members (excludes halogenated alkanes) is 1. The van der Waals surface area contributed by atoms with Gasteiger partial charge in [0.25, 0.3) is 0 Å². The van der Waals surface area contributed by atoms with Crippen LogP contribution in [0, 0.1) is 18.3 Å². The molecule has 0 unspecified atom stereocenters. The zero-order valence-corrected chi connectivity index (χ0v) is 8.04. The molecule has 1 rings (SSSR count). The first-order valence-electron chi connectivity index (χ1n) is 4.51. The van der Waals surface area contributed by atoms with Gasteiger partial charge in [-0.1, -0.05) is 13.3 Å². The normalized spacial score (nSPS) is 9.62. The van der Waals surface area contributed by atoms with Gasteiger partial charge in [-0.2, -0.15) is 5.26 Å². The Kier molecular flexibility index (Phi) is 3.39. The first-order chi connectivity index (χ1) is 6.26. The van der Waals surface area contributed by atoms with Crippen molar-refractivity contribution in [1.29, 1.82) is 5.26 Å². The minimum atomic E-state index is 0.471. The second kappa shape index (κ2) is 4.56. The molecular formula is C10H13N3. The predicted octanol–water partition coefficient (Wildman–Crippen LogP) is 2.00. The van der Waals surface area contributed by atoms with Crippen molar-refractivity contribution < 1.29 is 0 Å². The van der Waals surface area contributed by atoms with Crippen LogP contribution in [0.1, 0.15) is 37.0 Å². The van der Waals surface area contributed by atoms with E-state index < -0.39 is 0 Å². The topological polar surface area (TPSA) is 49.6 Å². The van der Waals surface area contributed by atoms with Gasteiger partial charge in [-0.05, 0) is 25.8 Å². The molecule has 0 aliphatic rings. The Morgan fingerprint density at radius 1 is 1.46 bits per heavy atom. The Hall–Kier alpha value is -1.43. The highest BCUT2D eigenvalue weighted by Gasteiger charge is 2.00. The Balaban J connectivity index is 2.83. The maximum absolute atomic E-state index is 8.67. The first-order valence-corrected chi connectivity index (χ1v) is 4.51. The van der Waals surface area contributed by atoms with Crippen molar-refractivity contribution in [2.24, 2.45) is 0 Å². The number of hydrogen-bond donors (Lipinski definition) is 0. The van der Waals surface area contributed by atoms with Crippen molar-refractivity contribution >= 4 is 0 Å². The third-order valence-electron chi connectivity index (χ3n) is 1.79. The number of nitriles is 1. The highest BCUT2D eigenvalue weighted by Crippen LogP contribution is 2.04. The van der Waals surface area contributed by atoms with Crippen LogP contribution < -0.4 is 0 Å². The van der Waals surface area contributed by atoms with E-state index in [0.29, 0.717) is 11.5 Å². The van der Waals surface area contributed by atoms with Crippen LogP contribution in [0.25, 0.3) is 0 Å². The summed E-state index contributed by atoms with van der Waals surface area (Å²) < 4.78 is 0. The van der Waals surface area contributed by atoms with Crippen molar-refractivity contribution in [3.63, 3.8) is 0 Å². The molecule has 0 aromatic carbocycles. The largest absolute Gasteiger partial charge is 0.238 e. The molecule has 0 aliphatic carbocycles. The van der Waals surface area contributed by atoms with E-state index in [1.54, 1.807) is 6.07 Å². The molecule has 0 saturated carbocycles. The van der Waals surface area contributed by atoms with E-state index in [1.165, 1.54) is 0 Å². The summed E-state index contributed by atoms with van der Waals surface area (Å²) in [6, 6.07) is 3.80. The maximum atomic E-state index is 8.67. The third kappa shape index (κ3) is 2.83. The zero-order chi connectivity index (χ0) is 9.68. The minimum absolute atomic E-state index is 0.471. The van der Waals surface area contributed by atoms with E-state index in [0.717, 1.165) is 25.0 Å². The maximum Gasteiger partial charge on any atom is 0.144 e. The summed E-state index contributed by atoms with van der Waals surface area (Å²) in [6.45, 7) is 3.95. The average molecular weight is 175 g/mol. The van der Waals surface area contributed by atoms with Crippen molar-refractivity contribution in [3.8, 4) is 6.07 Å². The second-order valence-electron chi connectivity index (χ2n) is 3.01. The third-order valence-corrected chi connectivity index (χ3v) is 1.79. The number of aryl methyl sites for hydroxylation is 2. The van der Waals surface area contributed by atoms with Crippen molar-refractivity contribution in [2.75, 3.05) is 0 Å². The van der Waals surface area contributed by atoms with Crippen LogP contribution in [0.5, 0.6) is 0 Å². The van der Waals surface area contributed by atoms with E-state index in [1.807, 2.05) is 13.0 Å². The SMILES string of the molecule is CCCCc1cc(C#N)nc(C)n1. The summed E-state index contributed by atoms with van der Waals surface area (Å²) in [4.78, 5) is 8.25. The fraction of sp³-hybridized carbons (Fsp3) is 0.500. The van der Waals surface area contributed by atoms with Crippen LogP contribution >= 0.6 is 0 Å². The lowest BCUT2D eigenvalue weighted by atomic mass is 10.2. The van der Waals surface area contributed by atoms with E-state index >= 15 is 0 Å². The quantitative estimate of drug-likeness (QED) is 0.706. The molecule has 0 N–H and O–H groups in total. The molecule has 0 spiro atoms. The van der Waals surface area contributed by atoms with Gasteiger partial charge in [0.1, 0.15) is 17.6 Å². The molecule has 0 radical (unpaired) electrons.